The zero-order chi connectivity index (χ0) is 13.5. The molecule has 1 amide bonds. The predicted molar refractivity (Wildman–Crippen MR) is 73.6 cm³/mol. The number of piperidine rings is 1. The van der Waals surface area contributed by atoms with Crippen molar-refractivity contribution in [1.82, 2.24) is 15.5 Å². The van der Waals surface area contributed by atoms with Gasteiger partial charge in [-0.15, -0.1) is 0 Å². The first kappa shape index (κ1) is 14.1. The number of nitrogens with zero attached hydrogens (tertiary/aromatic N) is 1. The fraction of sp³-hybridized carbons (Fsp3) is 0.643. The minimum atomic E-state index is 0.0708. The van der Waals surface area contributed by atoms with Crippen molar-refractivity contribution in [3.63, 3.8) is 0 Å². The molecule has 1 saturated heterocycles. The van der Waals surface area contributed by atoms with E-state index in [-0.39, 0.29) is 5.91 Å². The van der Waals surface area contributed by atoms with Gasteiger partial charge in [-0.3, -0.25) is 9.69 Å². The lowest BCUT2D eigenvalue weighted by Gasteiger charge is -2.32. The van der Waals surface area contributed by atoms with Gasteiger partial charge in [-0.2, -0.15) is 0 Å². The zero-order valence-electron chi connectivity index (χ0n) is 11.5. The normalized spacial score (nSPS) is 20.4. The summed E-state index contributed by atoms with van der Waals surface area (Å²) >= 11 is 0. The lowest BCUT2D eigenvalue weighted by atomic mass is 9.98. The molecule has 1 atom stereocenters. The van der Waals surface area contributed by atoms with Crippen molar-refractivity contribution in [2.75, 3.05) is 33.2 Å². The Hall–Kier alpha value is -1.33. The van der Waals surface area contributed by atoms with Crippen LogP contribution in [0.2, 0.25) is 0 Å². The maximum atomic E-state index is 11.9. The number of nitrogens with one attached hydrogen (secondary N) is 2. The average Bonchev–Trinajstić information content (AvgIpc) is 2.90. The van der Waals surface area contributed by atoms with Gasteiger partial charge in [-0.1, -0.05) is 0 Å². The molecule has 0 saturated carbocycles. The van der Waals surface area contributed by atoms with Crippen LogP contribution < -0.4 is 10.6 Å². The largest absolute Gasteiger partial charge is 0.467 e. The highest BCUT2D eigenvalue weighted by Gasteiger charge is 2.20. The second kappa shape index (κ2) is 7.31. The van der Waals surface area contributed by atoms with Crippen LogP contribution in [0.3, 0.4) is 0 Å². The highest BCUT2D eigenvalue weighted by molar-refractivity contribution is 5.77. The Balaban J connectivity index is 1.69. The Kier molecular flexibility index (Phi) is 5.42. The molecule has 1 aliphatic rings. The van der Waals surface area contributed by atoms with Gasteiger partial charge in [-0.05, 0) is 51.0 Å². The lowest BCUT2D eigenvalue weighted by Crippen LogP contribution is -2.44. The van der Waals surface area contributed by atoms with Crippen molar-refractivity contribution >= 4 is 5.91 Å². The Morgan fingerprint density at radius 2 is 2.47 bits per heavy atom. The summed E-state index contributed by atoms with van der Waals surface area (Å²) in [5, 5.41) is 6.10. The topological polar surface area (TPSA) is 57.5 Å². The fourth-order valence-electron chi connectivity index (χ4n) is 2.61. The molecule has 2 heterocycles. The van der Waals surface area contributed by atoms with E-state index in [1.165, 1.54) is 12.8 Å². The summed E-state index contributed by atoms with van der Waals surface area (Å²) in [6.45, 7) is 4.02. The molecule has 0 aliphatic carbocycles. The number of furan rings is 1. The molecular formula is C14H23N3O2. The highest BCUT2D eigenvalue weighted by Crippen LogP contribution is 2.15. The van der Waals surface area contributed by atoms with E-state index in [1.54, 1.807) is 6.26 Å². The second-order valence-electron chi connectivity index (χ2n) is 5.16. The van der Waals surface area contributed by atoms with Gasteiger partial charge < -0.3 is 15.1 Å². The molecule has 1 unspecified atom stereocenters. The highest BCUT2D eigenvalue weighted by atomic mass is 16.3. The Bertz CT molecular complexity index is 376. The molecular weight excluding hydrogens is 242 g/mol. The van der Waals surface area contributed by atoms with Gasteiger partial charge in [0.1, 0.15) is 5.76 Å². The number of likely N-dealkylation sites (tertiary alicyclic amines) is 1. The van der Waals surface area contributed by atoms with Gasteiger partial charge in [0.25, 0.3) is 0 Å². The van der Waals surface area contributed by atoms with Crippen LogP contribution in [-0.4, -0.2) is 44.0 Å². The van der Waals surface area contributed by atoms with E-state index in [0.29, 0.717) is 19.0 Å². The van der Waals surface area contributed by atoms with Crippen molar-refractivity contribution in [3.8, 4) is 0 Å². The summed E-state index contributed by atoms with van der Waals surface area (Å²) in [5.41, 5.74) is 0. The molecule has 2 rings (SSSR count). The molecule has 19 heavy (non-hydrogen) atoms. The third kappa shape index (κ3) is 4.69. The van der Waals surface area contributed by atoms with Gasteiger partial charge >= 0.3 is 0 Å². The van der Waals surface area contributed by atoms with Gasteiger partial charge in [0.05, 0.1) is 19.4 Å². The fourth-order valence-corrected chi connectivity index (χ4v) is 2.61. The molecule has 2 N–H and O–H groups in total. The van der Waals surface area contributed by atoms with Crippen molar-refractivity contribution in [3.05, 3.63) is 24.2 Å². The molecule has 106 valence electrons. The number of rotatable bonds is 6. The van der Waals surface area contributed by atoms with Crippen LogP contribution in [0, 0.1) is 5.92 Å². The quantitative estimate of drug-likeness (QED) is 0.800. The number of carbonyl (C=O) groups is 1. The summed E-state index contributed by atoms with van der Waals surface area (Å²) in [5.74, 6) is 1.53. The summed E-state index contributed by atoms with van der Waals surface area (Å²) in [7, 11) is 1.98. The van der Waals surface area contributed by atoms with Crippen molar-refractivity contribution in [1.29, 1.82) is 0 Å². The Morgan fingerprint density at radius 1 is 1.58 bits per heavy atom. The number of amides is 1. The van der Waals surface area contributed by atoms with E-state index in [9.17, 15) is 4.79 Å². The first-order valence-electron chi connectivity index (χ1n) is 6.94. The molecule has 1 aliphatic heterocycles. The smallest absolute Gasteiger partial charge is 0.234 e. The Morgan fingerprint density at radius 3 is 3.21 bits per heavy atom. The zero-order valence-corrected chi connectivity index (χ0v) is 11.5. The summed E-state index contributed by atoms with van der Waals surface area (Å²) < 4.78 is 5.19. The molecule has 1 aromatic rings. The average molecular weight is 265 g/mol. The maximum Gasteiger partial charge on any atom is 0.234 e. The third-order valence-electron chi connectivity index (χ3n) is 3.50. The number of hydrogen-bond donors (Lipinski definition) is 2. The van der Waals surface area contributed by atoms with Crippen LogP contribution >= 0.6 is 0 Å². The Labute approximate surface area is 114 Å². The van der Waals surface area contributed by atoms with E-state index >= 15 is 0 Å². The number of hydrogen-bond acceptors (Lipinski definition) is 4. The first-order chi connectivity index (χ1) is 9.28. The lowest BCUT2D eigenvalue weighted by molar-refractivity contribution is -0.122. The van der Waals surface area contributed by atoms with Crippen molar-refractivity contribution in [2.24, 2.45) is 5.92 Å². The van der Waals surface area contributed by atoms with Gasteiger partial charge in [0.2, 0.25) is 5.91 Å². The van der Waals surface area contributed by atoms with Crippen LogP contribution in [0.1, 0.15) is 18.6 Å². The monoisotopic (exact) mass is 265 g/mol. The van der Waals surface area contributed by atoms with Crippen LogP contribution in [0.15, 0.2) is 22.8 Å². The minimum Gasteiger partial charge on any atom is -0.467 e. The molecule has 0 aromatic carbocycles. The van der Waals surface area contributed by atoms with E-state index < -0.39 is 0 Å². The number of carbonyl (C=O) groups excluding carboxylic acids is 1. The van der Waals surface area contributed by atoms with E-state index in [2.05, 4.69) is 15.5 Å². The van der Waals surface area contributed by atoms with Gasteiger partial charge in [-0.25, -0.2) is 0 Å². The van der Waals surface area contributed by atoms with Crippen molar-refractivity contribution in [2.45, 2.75) is 19.4 Å². The van der Waals surface area contributed by atoms with E-state index in [4.69, 9.17) is 4.42 Å². The van der Waals surface area contributed by atoms with Crippen LogP contribution in [-0.2, 0) is 11.3 Å². The van der Waals surface area contributed by atoms with Crippen molar-refractivity contribution < 1.29 is 9.21 Å². The minimum absolute atomic E-state index is 0.0708. The summed E-state index contributed by atoms with van der Waals surface area (Å²) in [6.07, 6.45) is 4.05. The summed E-state index contributed by atoms with van der Waals surface area (Å²) in [4.78, 5) is 14.1. The SMILES string of the molecule is CNCC1CCCN(CC(=O)NCc2ccco2)C1. The van der Waals surface area contributed by atoms with E-state index in [1.807, 2.05) is 19.2 Å². The standard InChI is InChI=1S/C14H23N3O2/c1-15-8-12-4-2-6-17(10-12)11-14(18)16-9-13-5-3-7-19-13/h3,5,7,12,15H,2,4,6,8-11H2,1H3,(H,16,18). The molecule has 5 nitrogen and oxygen atoms in total. The molecule has 0 bridgehead atoms. The molecule has 0 radical (unpaired) electrons. The second-order valence-corrected chi connectivity index (χ2v) is 5.16. The van der Waals surface area contributed by atoms with Gasteiger partial charge in [0, 0.05) is 6.54 Å². The van der Waals surface area contributed by atoms with Crippen LogP contribution in [0.25, 0.3) is 0 Å². The third-order valence-corrected chi connectivity index (χ3v) is 3.50. The van der Waals surface area contributed by atoms with Crippen LogP contribution in [0.5, 0.6) is 0 Å². The van der Waals surface area contributed by atoms with Gasteiger partial charge in [0.15, 0.2) is 0 Å². The molecule has 0 spiro atoms. The first-order valence-corrected chi connectivity index (χ1v) is 6.94. The molecule has 1 fully saturated rings. The van der Waals surface area contributed by atoms with Crippen LogP contribution in [0.4, 0.5) is 0 Å². The predicted octanol–water partition coefficient (Wildman–Crippen LogP) is 0.827. The molecule has 5 heteroatoms. The molecule has 1 aromatic heterocycles. The summed E-state index contributed by atoms with van der Waals surface area (Å²) in [6, 6.07) is 3.69. The maximum absolute atomic E-state index is 11.9. The van der Waals surface area contributed by atoms with E-state index in [0.717, 1.165) is 25.4 Å².